The highest BCUT2D eigenvalue weighted by molar-refractivity contribution is 7.91. The predicted octanol–water partition coefficient (Wildman–Crippen LogP) is 1.33. The standard InChI is InChI=1S/C13H17N3O2S/c1-10-9-12(3-4-13(10)14)19(17,18)8-6-11-5-7-15-16(11)2/h3-5,7,9H,6,8,14H2,1-2H3. The molecule has 0 amide bonds. The lowest BCUT2D eigenvalue weighted by Crippen LogP contribution is -2.11. The molecule has 0 radical (unpaired) electrons. The van der Waals surface area contributed by atoms with Gasteiger partial charge in [0, 0.05) is 31.0 Å². The summed E-state index contributed by atoms with van der Waals surface area (Å²) in [6, 6.07) is 6.63. The molecule has 6 heteroatoms. The van der Waals surface area contributed by atoms with E-state index in [-0.39, 0.29) is 5.75 Å². The topological polar surface area (TPSA) is 78.0 Å². The van der Waals surface area contributed by atoms with Crippen LogP contribution in [0.5, 0.6) is 0 Å². The number of nitrogens with two attached hydrogens (primary N) is 1. The van der Waals surface area contributed by atoms with Crippen molar-refractivity contribution in [1.29, 1.82) is 0 Å². The maximum atomic E-state index is 12.2. The van der Waals surface area contributed by atoms with E-state index in [1.165, 1.54) is 0 Å². The van der Waals surface area contributed by atoms with Crippen LogP contribution in [0, 0.1) is 6.92 Å². The number of nitrogen functional groups attached to an aromatic ring is 1. The van der Waals surface area contributed by atoms with E-state index in [2.05, 4.69) is 5.10 Å². The summed E-state index contributed by atoms with van der Waals surface area (Å²) >= 11 is 0. The summed E-state index contributed by atoms with van der Waals surface area (Å²) in [4.78, 5) is 0.321. The molecule has 0 unspecified atom stereocenters. The van der Waals surface area contributed by atoms with Crippen molar-refractivity contribution in [3.05, 3.63) is 41.7 Å². The third-order valence-corrected chi connectivity index (χ3v) is 4.86. The van der Waals surface area contributed by atoms with Crippen LogP contribution >= 0.6 is 0 Å². The van der Waals surface area contributed by atoms with E-state index in [1.54, 1.807) is 43.0 Å². The summed E-state index contributed by atoms with van der Waals surface area (Å²) in [7, 11) is -1.49. The lowest BCUT2D eigenvalue weighted by atomic mass is 10.2. The molecule has 0 bridgehead atoms. The van der Waals surface area contributed by atoms with Gasteiger partial charge in [-0.1, -0.05) is 0 Å². The van der Waals surface area contributed by atoms with Crippen molar-refractivity contribution in [2.75, 3.05) is 11.5 Å². The second-order valence-electron chi connectivity index (χ2n) is 4.53. The Morgan fingerprint density at radius 1 is 1.32 bits per heavy atom. The summed E-state index contributed by atoms with van der Waals surface area (Å²) in [5.74, 6) is 0.0654. The van der Waals surface area contributed by atoms with Crippen molar-refractivity contribution in [1.82, 2.24) is 9.78 Å². The maximum Gasteiger partial charge on any atom is 0.178 e. The van der Waals surface area contributed by atoms with Crippen LogP contribution in [0.2, 0.25) is 0 Å². The van der Waals surface area contributed by atoms with Crippen LogP contribution in [0.15, 0.2) is 35.4 Å². The molecule has 2 N–H and O–H groups in total. The van der Waals surface area contributed by atoms with E-state index in [0.717, 1.165) is 11.3 Å². The molecular weight excluding hydrogens is 262 g/mol. The van der Waals surface area contributed by atoms with E-state index in [1.807, 2.05) is 6.07 Å². The summed E-state index contributed by atoms with van der Waals surface area (Å²) in [6.45, 7) is 1.80. The number of hydrogen-bond donors (Lipinski definition) is 1. The van der Waals surface area contributed by atoms with Crippen LogP contribution < -0.4 is 5.73 Å². The van der Waals surface area contributed by atoms with Crippen molar-refractivity contribution in [2.24, 2.45) is 7.05 Å². The Kier molecular flexibility index (Phi) is 3.61. The van der Waals surface area contributed by atoms with E-state index in [4.69, 9.17) is 5.73 Å². The number of benzene rings is 1. The molecule has 0 aliphatic carbocycles. The molecule has 2 aromatic rings. The van der Waals surface area contributed by atoms with Crippen molar-refractivity contribution in [2.45, 2.75) is 18.2 Å². The average molecular weight is 279 g/mol. The van der Waals surface area contributed by atoms with E-state index in [9.17, 15) is 8.42 Å². The largest absolute Gasteiger partial charge is 0.399 e. The molecule has 0 spiro atoms. The van der Waals surface area contributed by atoms with Gasteiger partial charge in [0.1, 0.15) is 0 Å². The molecule has 0 saturated carbocycles. The van der Waals surface area contributed by atoms with E-state index in [0.29, 0.717) is 17.0 Å². The van der Waals surface area contributed by atoms with Crippen LogP contribution in [0.3, 0.4) is 0 Å². The van der Waals surface area contributed by atoms with Gasteiger partial charge >= 0.3 is 0 Å². The number of sulfone groups is 1. The highest BCUT2D eigenvalue weighted by atomic mass is 32.2. The normalized spacial score (nSPS) is 11.7. The van der Waals surface area contributed by atoms with Crippen LogP contribution in [-0.4, -0.2) is 24.0 Å². The van der Waals surface area contributed by atoms with Gasteiger partial charge in [0.2, 0.25) is 0 Å². The Morgan fingerprint density at radius 2 is 2.05 bits per heavy atom. The first kappa shape index (κ1) is 13.6. The fourth-order valence-electron chi connectivity index (χ4n) is 1.84. The third kappa shape index (κ3) is 2.96. The van der Waals surface area contributed by atoms with Crippen molar-refractivity contribution in [3.8, 4) is 0 Å². The van der Waals surface area contributed by atoms with Crippen molar-refractivity contribution < 1.29 is 8.42 Å². The Balaban J connectivity index is 2.18. The van der Waals surface area contributed by atoms with Crippen LogP contribution in [0.25, 0.3) is 0 Å². The summed E-state index contributed by atoms with van der Waals surface area (Å²) in [5, 5.41) is 4.02. The molecule has 1 aromatic carbocycles. The molecule has 102 valence electrons. The van der Waals surface area contributed by atoms with Gasteiger partial charge in [0.15, 0.2) is 9.84 Å². The lowest BCUT2D eigenvalue weighted by Gasteiger charge is -2.07. The molecule has 0 atom stereocenters. The highest BCUT2D eigenvalue weighted by Crippen LogP contribution is 2.18. The molecule has 1 heterocycles. The van der Waals surface area contributed by atoms with Crippen LogP contribution in [0.4, 0.5) is 5.69 Å². The Bertz CT molecular complexity index is 690. The number of aromatic nitrogens is 2. The molecule has 0 aliphatic rings. The lowest BCUT2D eigenvalue weighted by molar-refractivity contribution is 0.593. The Hall–Kier alpha value is -1.82. The number of aryl methyl sites for hydroxylation is 3. The first-order chi connectivity index (χ1) is 8.90. The Morgan fingerprint density at radius 3 is 2.63 bits per heavy atom. The quantitative estimate of drug-likeness (QED) is 0.856. The molecule has 0 aliphatic heterocycles. The number of rotatable bonds is 4. The second kappa shape index (κ2) is 5.05. The number of anilines is 1. The summed E-state index contributed by atoms with van der Waals surface area (Å²) < 4.78 is 26.1. The van der Waals surface area contributed by atoms with Gasteiger partial charge in [-0.25, -0.2) is 8.42 Å². The van der Waals surface area contributed by atoms with Gasteiger partial charge in [-0.05, 0) is 36.8 Å². The molecular formula is C13H17N3O2S. The molecule has 2 rings (SSSR count). The first-order valence-electron chi connectivity index (χ1n) is 5.96. The van der Waals surface area contributed by atoms with Gasteiger partial charge in [0.25, 0.3) is 0 Å². The SMILES string of the molecule is Cc1cc(S(=O)(=O)CCc2ccnn2C)ccc1N. The zero-order chi connectivity index (χ0) is 14.0. The average Bonchev–Trinajstić information content (AvgIpc) is 2.76. The molecule has 5 nitrogen and oxygen atoms in total. The fourth-order valence-corrected chi connectivity index (χ4v) is 3.19. The minimum Gasteiger partial charge on any atom is -0.399 e. The second-order valence-corrected chi connectivity index (χ2v) is 6.64. The molecule has 0 saturated heterocycles. The fraction of sp³-hybridized carbons (Fsp3) is 0.308. The van der Waals surface area contributed by atoms with Crippen LogP contribution in [0.1, 0.15) is 11.3 Å². The minimum absolute atomic E-state index is 0.0654. The van der Waals surface area contributed by atoms with E-state index >= 15 is 0 Å². The minimum atomic E-state index is -3.29. The molecule has 19 heavy (non-hydrogen) atoms. The summed E-state index contributed by atoms with van der Waals surface area (Å²) in [5.41, 5.74) is 7.98. The number of nitrogens with zero attached hydrogens (tertiary/aromatic N) is 2. The predicted molar refractivity (Wildman–Crippen MR) is 74.6 cm³/mol. The van der Waals surface area contributed by atoms with E-state index < -0.39 is 9.84 Å². The number of hydrogen-bond acceptors (Lipinski definition) is 4. The van der Waals surface area contributed by atoms with Crippen molar-refractivity contribution >= 4 is 15.5 Å². The first-order valence-corrected chi connectivity index (χ1v) is 7.61. The van der Waals surface area contributed by atoms with Gasteiger partial charge in [0.05, 0.1) is 10.6 Å². The molecule has 1 aromatic heterocycles. The van der Waals surface area contributed by atoms with Crippen LogP contribution in [-0.2, 0) is 23.3 Å². The maximum absolute atomic E-state index is 12.2. The monoisotopic (exact) mass is 279 g/mol. The smallest absolute Gasteiger partial charge is 0.178 e. The summed E-state index contributed by atoms with van der Waals surface area (Å²) in [6.07, 6.45) is 2.11. The van der Waals surface area contributed by atoms with Crippen molar-refractivity contribution in [3.63, 3.8) is 0 Å². The van der Waals surface area contributed by atoms with Gasteiger partial charge in [-0.2, -0.15) is 5.10 Å². The zero-order valence-corrected chi connectivity index (χ0v) is 11.8. The van der Waals surface area contributed by atoms with Gasteiger partial charge < -0.3 is 5.73 Å². The van der Waals surface area contributed by atoms with Gasteiger partial charge in [-0.3, -0.25) is 4.68 Å². The van der Waals surface area contributed by atoms with Gasteiger partial charge in [-0.15, -0.1) is 0 Å². The zero-order valence-electron chi connectivity index (χ0n) is 11.0. The highest BCUT2D eigenvalue weighted by Gasteiger charge is 2.16. The third-order valence-electron chi connectivity index (χ3n) is 3.15. The molecule has 0 fully saturated rings. The Labute approximate surface area is 113 Å².